The Kier molecular flexibility index (Phi) is 4.73. The zero-order valence-corrected chi connectivity index (χ0v) is 11.5. The SMILES string of the molecule is CCOc1cccc(Oc2ccc([N+](=O)[O-])c(CO)c2)c1. The number of hydrogen-bond donors (Lipinski definition) is 1. The molecule has 2 aromatic rings. The van der Waals surface area contributed by atoms with Gasteiger partial charge in [0.1, 0.15) is 17.2 Å². The third-order valence-electron chi connectivity index (χ3n) is 2.77. The second-order valence-corrected chi connectivity index (χ2v) is 4.22. The van der Waals surface area contributed by atoms with Gasteiger partial charge >= 0.3 is 0 Å². The molecule has 0 aliphatic heterocycles. The first-order valence-corrected chi connectivity index (χ1v) is 6.43. The Morgan fingerprint density at radius 2 is 1.86 bits per heavy atom. The smallest absolute Gasteiger partial charge is 0.275 e. The van der Waals surface area contributed by atoms with Crippen molar-refractivity contribution in [2.75, 3.05) is 6.61 Å². The lowest BCUT2D eigenvalue weighted by Gasteiger charge is -2.09. The zero-order valence-electron chi connectivity index (χ0n) is 11.5. The quantitative estimate of drug-likeness (QED) is 0.652. The summed E-state index contributed by atoms with van der Waals surface area (Å²) in [6.45, 7) is 2.01. The largest absolute Gasteiger partial charge is 0.494 e. The average Bonchev–Trinajstić information content (AvgIpc) is 2.47. The molecule has 6 nitrogen and oxygen atoms in total. The molecule has 6 heteroatoms. The minimum Gasteiger partial charge on any atom is -0.494 e. The van der Waals surface area contributed by atoms with E-state index in [0.29, 0.717) is 23.9 Å². The summed E-state index contributed by atoms with van der Waals surface area (Å²) in [5.74, 6) is 1.65. The van der Waals surface area contributed by atoms with Gasteiger partial charge in [-0.3, -0.25) is 10.1 Å². The van der Waals surface area contributed by atoms with Gasteiger partial charge in [-0.2, -0.15) is 0 Å². The van der Waals surface area contributed by atoms with E-state index in [1.165, 1.54) is 18.2 Å². The molecule has 2 aromatic carbocycles. The first kappa shape index (κ1) is 14.8. The predicted octanol–water partition coefficient (Wildman–Crippen LogP) is 3.28. The molecule has 21 heavy (non-hydrogen) atoms. The minimum atomic E-state index is -0.537. The fraction of sp³-hybridized carbons (Fsp3) is 0.200. The number of ether oxygens (including phenoxy) is 2. The molecule has 0 saturated carbocycles. The Morgan fingerprint density at radius 1 is 1.14 bits per heavy atom. The van der Waals surface area contributed by atoms with E-state index in [2.05, 4.69) is 0 Å². The summed E-state index contributed by atoms with van der Waals surface area (Å²) in [6, 6.07) is 11.3. The van der Waals surface area contributed by atoms with E-state index < -0.39 is 11.5 Å². The zero-order chi connectivity index (χ0) is 15.2. The van der Waals surface area contributed by atoms with Gasteiger partial charge in [0.2, 0.25) is 0 Å². The topological polar surface area (TPSA) is 81.8 Å². The molecular formula is C15H15NO5. The number of nitrogens with zero attached hydrogens (tertiary/aromatic N) is 1. The molecule has 0 atom stereocenters. The molecule has 0 fully saturated rings. The lowest BCUT2D eigenvalue weighted by atomic mass is 10.2. The second kappa shape index (κ2) is 6.71. The molecule has 110 valence electrons. The predicted molar refractivity (Wildman–Crippen MR) is 76.7 cm³/mol. The van der Waals surface area contributed by atoms with Crippen molar-refractivity contribution < 1.29 is 19.5 Å². The van der Waals surface area contributed by atoms with Gasteiger partial charge in [-0.1, -0.05) is 6.07 Å². The lowest BCUT2D eigenvalue weighted by Crippen LogP contribution is -1.96. The highest BCUT2D eigenvalue weighted by atomic mass is 16.6. The molecule has 0 bridgehead atoms. The Bertz CT molecular complexity index is 642. The van der Waals surface area contributed by atoms with Crippen LogP contribution in [0, 0.1) is 10.1 Å². The maximum atomic E-state index is 10.8. The minimum absolute atomic E-state index is 0.132. The monoisotopic (exact) mass is 289 g/mol. The molecule has 0 spiro atoms. The second-order valence-electron chi connectivity index (χ2n) is 4.22. The van der Waals surface area contributed by atoms with Crippen LogP contribution in [0.3, 0.4) is 0 Å². The lowest BCUT2D eigenvalue weighted by molar-refractivity contribution is -0.385. The third kappa shape index (κ3) is 3.70. The summed E-state index contributed by atoms with van der Waals surface area (Å²) in [7, 11) is 0. The molecule has 0 radical (unpaired) electrons. The number of nitro benzene ring substituents is 1. The fourth-order valence-electron chi connectivity index (χ4n) is 1.86. The first-order valence-electron chi connectivity index (χ1n) is 6.43. The number of nitro groups is 1. The number of aliphatic hydroxyl groups is 1. The molecule has 0 aliphatic carbocycles. The van der Waals surface area contributed by atoms with Crippen LogP contribution in [0.5, 0.6) is 17.2 Å². The van der Waals surface area contributed by atoms with Crippen molar-refractivity contribution in [3.63, 3.8) is 0 Å². The van der Waals surface area contributed by atoms with Crippen LogP contribution >= 0.6 is 0 Å². The van der Waals surface area contributed by atoms with Crippen LogP contribution in [-0.4, -0.2) is 16.6 Å². The summed E-state index contributed by atoms with van der Waals surface area (Å²) in [5.41, 5.74) is 0.0754. The van der Waals surface area contributed by atoms with Crippen LogP contribution in [0.1, 0.15) is 12.5 Å². The maximum Gasteiger partial charge on any atom is 0.275 e. The summed E-state index contributed by atoms with van der Waals surface area (Å²) in [4.78, 5) is 10.3. The maximum absolute atomic E-state index is 10.8. The van der Waals surface area contributed by atoms with E-state index in [9.17, 15) is 15.2 Å². The van der Waals surface area contributed by atoms with Crippen molar-refractivity contribution in [2.24, 2.45) is 0 Å². The summed E-state index contributed by atoms with van der Waals surface area (Å²) < 4.78 is 11.0. The molecule has 0 aromatic heterocycles. The van der Waals surface area contributed by atoms with Crippen molar-refractivity contribution >= 4 is 5.69 Å². The Morgan fingerprint density at radius 3 is 2.52 bits per heavy atom. The van der Waals surface area contributed by atoms with Crippen LogP contribution in [-0.2, 0) is 6.61 Å². The highest BCUT2D eigenvalue weighted by Gasteiger charge is 2.14. The number of hydrogen-bond acceptors (Lipinski definition) is 5. The van der Waals surface area contributed by atoms with Crippen LogP contribution in [0.2, 0.25) is 0 Å². The number of benzene rings is 2. The van der Waals surface area contributed by atoms with E-state index in [1.807, 2.05) is 13.0 Å². The average molecular weight is 289 g/mol. The van der Waals surface area contributed by atoms with Gasteiger partial charge in [-0.25, -0.2) is 0 Å². The van der Waals surface area contributed by atoms with Gasteiger partial charge in [-0.15, -0.1) is 0 Å². The van der Waals surface area contributed by atoms with Crippen LogP contribution < -0.4 is 9.47 Å². The van der Waals surface area contributed by atoms with Gasteiger partial charge in [0, 0.05) is 12.1 Å². The number of rotatable bonds is 6. The molecule has 0 saturated heterocycles. The van der Waals surface area contributed by atoms with Crippen molar-refractivity contribution in [3.05, 3.63) is 58.1 Å². The molecule has 2 rings (SSSR count). The van der Waals surface area contributed by atoms with Crippen LogP contribution in [0.15, 0.2) is 42.5 Å². The number of aliphatic hydroxyl groups excluding tert-OH is 1. The van der Waals surface area contributed by atoms with E-state index in [0.717, 1.165) is 0 Å². The Balaban J connectivity index is 2.23. The molecule has 0 aliphatic rings. The molecule has 1 N–H and O–H groups in total. The fourth-order valence-corrected chi connectivity index (χ4v) is 1.86. The van der Waals surface area contributed by atoms with Crippen LogP contribution in [0.4, 0.5) is 5.69 Å². The van der Waals surface area contributed by atoms with Crippen molar-refractivity contribution in [3.8, 4) is 17.2 Å². The van der Waals surface area contributed by atoms with E-state index >= 15 is 0 Å². The van der Waals surface area contributed by atoms with E-state index in [-0.39, 0.29) is 11.3 Å². The van der Waals surface area contributed by atoms with Crippen molar-refractivity contribution in [2.45, 2.75) is 13.5 Å². The molecule has 0 heterocycles. The van der Waals surface area contributed by atoms with Crippen LogP contribution in [0.25, 0.3) is 0 Å². The van der Waals surface area contributed by atoms with Crippen molar-refractivity contribution in [1.82, 2.24) is 0 Å². The van der Waals surface area contributed by atoms with Gasteiger partial charge in [0.05, 0.1) is 23.7 Å². The van der Waals surface area contributed by atoms with Gasteiger partial charge in [0.15, 0.2) is 0 Å². The standard InChI is InChI=1S/C15H15NO5/c1-2-20-12-4-3-5-13(9-12)21-14-6-7-15(16(18)19)11(8-14)10-17/h3-9,17H,2,10H2,1H3. The Labute approximate surface area is 121 Å². The molecule has 0 amide bonds. The van der Waals surface area contributed by atoms with Gasteiger partial charge in [0.25, 0.3) is 5.69 Å². The van der Waals surface area contributed by atoms with Crippen molar-refractivity contribution in [1.29, 1.82) is 0 Å². The normalized spacial score (nSPS) is 10.2. The Hall–Kier alpha value is -2.60. The highest BCUT2D eigenvalue weighted by Crippen LogP contribution is 2.29. The third-order valence-corrected chi connectivity index (χ3v) is 2.77. The van der Waals surface area contributed by atoms with Gasteiger partial charge in [-0.05, 0) is 31.2 Å². The highest BCUT2D eigenvalue weighted by molar-refractivity contribution is 5.46. The van der Waals surface area contributed by atoms with E-state index in [4.69, 9.17) is 9.47 Å². The summed E-state index contributed by atoms with van der Waals surface area (Å²) in [6.07, 6.45) is 0. The summed E-state index contributed by atoms with van der Waals surface area (Å²) >= 11 is 0. The van der Waals surface area contributed by atoms with Gasteiger partial charge < -0.3 is 14.6 Å². The van der Waals surface area contributed by atoms with E-state index in [1.54, 1.807) is 18.2 Å². The summed E-state index contributed by atoms with van der Waals surface area (Å²) in [5, 5.41) is 20.0. The molecular weight excluding hydrogens is 274 g/mol. The first-order chi connectivity index (χ1) is 10.1. The molecule has 0 unspecified atom stereocenters.